The number of ether oxygens (including phenoxy) is 1. The molecule has 1 N–H and O–H groups in total. The van der Waals surface area contributed by atoms with E-state index in [-0.39, 0.29) is 29.3 Å². The summed E-state index contributed by atoms with van der Waals surface area (Å²) in [5.41, 5.74) is 0.951. The standard InChI is InChI=1S/C31H34F3N5O2/c1-29(9-4-10-29)35-16-19-11-24-25(26(12-19)31(32,33)34)17-39(27(24)40)21-6-3-5-20(13-21)30(28-37-36-18-38(28)2)14-23(15-30)41-22-7-8-22/h3,5-6,11-13,18,22-23,35H,4,7-10,14-17H2,1-2H3/t23-,30-. The van der Waals surface area contributed by atoms with Gasteiger partial charge in [-0.15, -0.1) is 10.2 Å². The van der Waals surface area contributed by atoms with Crippen molar-refractivity contribution in [2.75, 3.05) is 4.90 Å². The van der Waals surface area contributed by atoms with Gasteiger partial charge in [0.25, 0.3) is 5.91 Å². The number of hydrogen-bond donors (Lipinski definition) is 1. The molecule has 1 amide bonds. The van der Waals surface area contributed by atoms with Crippen LogP contribution in [0.3, 0.4) is 0 Å². The molecular formula is C31H34F3N5O2. The minimum Gasteiger partial charge on any atom is -0.375 e. The summed E-state index contributed by atoms with van der Waals surface area (Å²) >= 11 is 0. The predicted molar refractivity (Wildman–Crippen MR) is 146 cm³/mol. The summed E-state index contributed by atoms with van der Waals surface area (Å²) in [6.07, 6.45) is 4.33. The molecule has 7 rings (SSSR count). The van der Waals surface area contributed by atoms with Crippen LogP contribution < -0.4 is 10.2 Å². The smallest absolute Gasteiger partial charge is 0.375 e. The second-order valence-electron chi connectivity index (χ2n) is 12.6. The van der Waals surface area contributed by atoms with Crippen LogP contribution in [0.25, 0.3) is 0 Å². The Labute approximate surface area is 237 Å². The van der Waals surface area contributed by atoms with Crippen LogP contribution in [0.2, 0.25) is 0 Å². The van der Waals surface area contributed by atoms with Gasteiger partial charge in [-0.05, 0) is 92.8 Å². The van der Waals surface area contributed by atoms with Gasteiger partial charge in [-0.1, -0.05) is 12.1 Å². The molecule has 0 spiro atoms. The summed E-state index contributed by atoms with van der Waals surface area (Å²) in [5, 5.41) is 11.9. The van der Waals surface area contributed by atoms with Crippen molar-refractivity contribution in [1.82, 2.24) is 20.1 Å². The molecule has 216 valence electrons. The van der Waals surface area contributed by atoms with E-state index >= 15 is 0 Å². The number of aryl methyl sites for hydroxylation is 1. The van der Waals surface area contributed by atoms with Gasteiger partial charge in [-0.3, -0.25) is 4.79 Å². The van der Waals surface area contributed by atoms with Gasteiger partial charge in [0, 0.05) is 30.4 Å². The molecule has 0 bridgehead atoms. The second-order valence-corrected chi connectivity index (χ2v) is 12.6. The first-order valence-electron chi connectivity index (χ1n) is 14.5. The summed E-state index contributed by atoms with van der Waals surface area (Å²) in [7, 11) is 1.91. The summed E-state index contributed by atoms with van der Waals surface area (Å²) in [6.45, 7) is 2.26. The first-order chi connectivity index (χ1) is 19.5. The second kappa shape index (κ2) is 9.39. The highest BCUT2D eigenvalue weighted by Gasteiger charge is 2.52. The van der Waals surface area contributed by atoms with Gasteiger partial charge in [0.05, 0.1) is 29.7 Å². The Bertz CT molecular complexity index is 1500. The third-order valence-electron chi connectivity index (χ3n) is 9.49. The van der Waals surface area contributed by atoms with Crippen LogP contribution in [0.4, 0.5) is 18.9 Å². The lowest BCUT2D eigenvalue weighted by Crippen LogP contribution is -2.48. The van der Waals surface area contributed by atoms with Gasteiger partial charge in [0.1, 0.15) is 12.2 Å². The summed E-state index contributed by atoms with van der Waals surface area (Å²) < 4.78 is 50.8. The van der Waals surface area contributed by atoms with Crippen LogP contribution >= 0.6 is 0 Å². The number of carbonyl (C=O) groups is 1. The lowest BCUT2D eigenvalue weighted by atomic mass is 9.62. The molecule has 2 heterocycles. The molecule has 3 saturated carbocycles. The van der Waals surface area contributed by atoms with Crippen molar-refractivity contribution >= 4 is 11.6 Å². The molecule has 3 aromatic rings. The number of halogens is 3. The number of alkyl halides is 3. The predicted octanol–water partition coefficient (Wildman–Crippen LogP) is 5.65. The first-order valence-corrected chi connectivity index (χ1v) is 14.5. The topological polar surface area (TPSA) is 72.3 Å². The molecule has 41 heavy (non-hydrogen) atoms. The number of anilines is 1. The third-order valence-corrected chi connectivity index (χ3v) is 9.49. The molecule has 3 aliphatic carbocycles. The maximum atomic E-state index is 14.3. The van der Waals surface area contributed by atoms with Crippen molar-refractivity contribution in [2.24, 2.45) is 7.05 Å². The summed E-state index contributed by atoms with van der Waals surface area (Å²) in [4.78, 5) is 15.2. The third kappa shape index (κ3) is 4.65. The lowest BCUT2D eigenvalue weighted by Gasteiger charge is -2.47. The molecule has 10 heteroatoms. The fourth-order valence-electron chi connectivity index (χ4n) is 6.76. The monoisotopic (exact) mass is 565 g/mol. The fraction of sp³-hybridized carbons (Fsp3) is 0.516. The fourth-order valence-corrected chi connectivity index (χ4v) is 6.76. The Morgan fingerprint density at radius 1 is 1.12 bits per heavy atom. The molecule has 4 aliphatic rings. The van der Waals surface area contributed by atoms with Gasteiger partial charge in [0.15, 0.2) is 0 Å². The quantitative estimate of drug-likeness (QED) is 0.382. The van der Waals surface area contributed by atoms with Crippen molar-refractivity contribution in [2.45, 2.75) is 94.3 Å². The van der Waals surface area contributed by atoms with Crippen LogP contribution in [0.1, 0.15) is 90.3 Å². The van der Waals surface area contributed by atoms with E-state index in [1.54, 1.807) is 18.5 Å². The van der Waals surface area contributed by atoms with E-state index in [2.05, 4.69) is 22.4 Å². The molecule has 1 aromatic heterocycles. The Balaban J connectivity index is 1.20. The summed E-state index contributed by atoms with van der Waals surface area (Å²) in [5.74, 6) is 0.411. The minimum atomic E-state index is -4.56. The molecule has 7 nitrogen and oxygen atoms in total. The molecule has 0 radical (unpaired) electrons. The number of nitrogens with one attached hydrogen (secondary N) is 1. The average Bonchev–Trinajstić information content (AvgIpc) is 3.53. The number of benzene rings is 2. The number of amides is 1. The number of aromatic nitrogens is 3. The van der Waals surface area contributed by atoms with E-state index in [4.69, 9.17) is 4.74 Å². The van der Waals surface area contributed by atoms with Crippen molar-refractivity contribution in [3.63, 3.8) is 0 Å². The number of rotatable bonds is 8. The zero-order valence-corrected chi connectivity index (χ0v) is 23.3. The highest BCUT2D eigenvalue weighted by atomic mass is 19.4. The van der Waals surface area contributed by atoms with Crippen LogP contribution in [0.15, 0.2) is 42.7 Å². The van der Waals surface area contributed by atoms with E-state index in [1.165, 1.54) is 11.0 Å². The van der Waals surface area contributed by atoms with Gasteiger partial charge in [0.2, 0.25) is 0 Å². The van der Waals surface area contributed by atoms with Crippen molar-refractivity contribution < 1.29 is 22.7 Å². The van der Waals surface area contributed by atoms with Crippen molar-refractivity contribution in [3.8, 4) is 0 Å². The zero-order chi connectivity index (χ0) is 28.6. The maximum Gasteiger partial charge on any atom is 0.416 e. The van der Waals surface area contributed by atoms with E-state index < -0.39 is 23.1 Å². The minimum absolute atomic E-state index is 0.0380. The first kappa shape index (κ1) is 26.6. The van der Waals surface area contributed by atoms with Crippen LogP contribution in [-0.4, -0.2) is 38.4 Å². The molecule has 0 unspecified atom stereocenters. The Hall–Kier alpha value is -3.24. The van der Waals surface area contributed by atoms with Crippen molar-refractivity contribution in [3.05, 3.63) is 76.4 Å². The van der Waals surface area contributed by atoms with E-state index in [1.807, 2.05) is 29.8 Å². The number of hydrogen-bond acceptors (Lipinski definition) is 5. The number of carbonyl (C=O) groups excluding carboxylic acids is 1. The molecule has 3 fully saturated rings. The van der Waals surface area contributed by atoms with Crippen LogP contribution in [0.5, 0.6) is 0 Å². The zero-order valence-electron chi connectivity index (χ0n) is 23.3. The highest BCUT2D eigenvalue weighted by molar-refractivity contribution is 6.10. The Morgan fingerprint density at radius 2 is 1.90 bits per heavy atom. The molecule has 0 saturated heterocycles. The van der Waals surface area contributed by atoms with Crippen molar-refractivity contribution in [1.29, 1.82) is 0 Å². The summed E-state index contributed by atoms with van der Waals surface area (Å²) in [6, 6.07) is 10.4. The average molecular weight is 566 g/mol. The molecule has 2 aromatic carbocycles. The molecular weight excluding hydrogens is 531 g/mol. The van der Waals surface area contributed by atoms with E-state index in [9.17, 15) is 18.0 Å². The van der Waals surface area contributed by atoms with Crippen LogP contribution in [-0.2, 0) is 36.5 Å². The maximum absolute atomic E-state index is 14.3. The van der Waals surface area contributed by atoms with Gasteiger partial charge < -0.3 is 19.5 Å². The lowest BCUT2D eigenvalue weighted by molar-refractivity contribution is -0.138. The SMILES string of the molecule is Cn1cnnc1[C@]1(c2cccc(N3Cc4c(cc(CNC5(C)CCC5)cc4C(F)(F)F)C3=O)c2)C[C@@H](OC2CC2)C1. The normalized spacial score (nSPS) is 25.1. The van der Waals surface area contributed by atoms with E-state index in [0.29, 0.717) is 23.9 Å². The molecule has 1 aliphatic heterocycles. The van der Waals surface area contributed by atoms with Crippen LogP contribution in [0, 0.1) is 0 Å². The Kier molecular flexibility index (Phi) is 6.10. The number of fused-ring (bicyclic) bond motifs is 1. The van der Waals surface area contributed by atoms with Gasteiger partial charge in [-0.2, -0.15) is 13.2 Å². The molecule has 0 atom stereocenters. The van der Waals surface area contributed by atoms with E-state index in [0.717, 1.165) is 56.3 Å². The largest absolute Gasteiger partial charge is 0.416 e. The number of nitrogens with zero attached hydrogens (tertiary/aromatic N) is 4. The van der Waals surface area contributed by atoms with Gasteiger partial charge >= 0.3 is 6.18 Å². The highest BCUT2D eigenvalue weighted by Crippen LogP contribution is 2.51. The Morgan fingerprint density at radius 3 is 2.54 bits per heavy atom. The van der Waals surface area contributed by atoms with Gasteiger partial charge in [-0.25, -0.2) is 0 Å².